The van der Waals surface area contributed by atoms with Crippen LogP contribution in [0.25, 0.3) is 0 Å². The van der Waals surface area contributed by atoms with E-state index in [4.69, 9.17) is 18.9 Å². The average molecular weight is 951 g/mol. The fourth-order valence-electron chi connectivity index (χ4n) is 6.85. The third-order valence-electron chi connectivity index (χ3n) is 10.1. The molecule has 0 N–H and O–H groups in total. The zero-order chi connectivity index (χ0) is 46.7. The first kappa shape index (κ1) is 50.2. The van der Waals surface area contributed by atoms with Crippen molar-refractivity contribution in [3.8, 4) is 0 Å². The van der Waals surface area contributed by atoms with Gasteiger partial charge in [0, 0.05) is 32.9 Å². The summed E-state index contributed by atoms with van der Waals surface area (Å²) in [6, 6.07) is 23.9. The van der Waals surface area contributed by atoms with E-state index in [0.29, 0.717) is 87.6 Å². The lowest BCUT2D eigenvalue weighted by atomic mass is 10.0. The van der Waals surface area contributed by atoms with Gasteiger partial charge in [0.05, 0.1) is 41.6 Å². The van der Waals surface area contributed by atoms with Gasteiger partial charge in [-0.3, -0.25) is 29.0 Å². The molecule has 3 aliphatic heterocycles. The van der Waals surface area contributed by atoms with Gasteiger partial charge in [-0.1, -0.05) is 54.6 Å². The fourth-order valence-corrected chi connectivity index (χ4v) is 8.41. The maximum absolute atomic E-state index is 12.6. The van der Waals surface area contributed by atoms with Crippen LogP contribution in [0.1, 0.15) is 91.9 Å². The fraction of sp³-hybridized carbons (Fsp3) is 0.463. The first-order valence-electron chi connectivity index (χ1n) is 19.9. The number of ether oxygens (including phenoxy) is 4. The van der Waals surface area contributed by atoms with Crippen LogP contribution in [0.3, 0.4) is 0 Å². The number of carbonyl (C=O) groups excluding carboxylic acids is 4. The van der Waals surface area contributed by atoms with Crippen LogP contribution in [0.2, 0.25) is 0 Å². The molecule has 1 saturated heterocycles. The molecule has 0 unspecified atom stereocenters. The molecule has 23 heteroatoms. The number of unbranched alkanes of at least 4 members (excludes halogenated alkanes) is 4. The second-order valence-corrected chi connectivity index (χ2v) is 17.8. The minimum atomic E-state index is -6.85. The number of benzene rings is 3. The van der Waals surface area contributed by atoms with Gasteiger partial charge in [0.1, 0.15) is 12.2 Å². The number of halogens is 6. The summed E-state index contributed by atoms with van der Waals surface area (Å²) in [7, 11) is -13.7. The topological polar surface area (TPSA) is 189 Å². The molecule has 4 amide bonds. The summed E-state index contributed by atoms with van der Waals surface area (Å²) in [5.74, 6) is -0.865. The molecule has 6 rings (SSSR count). The SMILES string of the molecule is O=C1c2ccccc2C(=O)N1CCCCCOC[C@H]1OCC[C@@H](OCCCCCN2C(=O)c3ccccc3C2=O)[C@@H]1OCc1ccccc1.O=S(=O)(OS(=O)(=O)C(F)(F)F)C(F)(F)F. The first-order chi connectivity index (χ1) is 30.2. The van der Waals surface area contributed by atoms with Gasteiger partial charge in [-0.05, 0) is 74.8 Å². The number of hydrogen-bond acceptors (Lipinski definition) is 13. The van der Waals surface area contributed by atoms with Crippen molar-refractivity contribution in [3.05, 3.63) is 107 Å². The molecular formula is C41H44F6N2O13S2. The minimum Gasteiger partial charge on any atom is -0.379 e. The Balaban J connectivity index is 0.000000440. The molecule has 3 aromatic rings. The lowest BCUT2D eigenvalue weighted by Crippen LogP contribution is -2.49. The highest BCUT2D eigenvalue weighted by molar-refractivity contribution is 8.00. The minimum absolute atomic E-state index is 0.151. The zero-order valence-corrected chi connectivity index (χ0v) is 35.6. The number of carbonyl (C=O) groups is 4. The largest absolute Gasteiger partial charge is 0.524 e. The van der Waals surface area contributed by atoms with Gasteiger partial charge >= 0.3 is 31.3 Å². The predicted octanol–water partition coefficient (Wildman–Crippen LogP) is 6.40. The number of amides is 4. The zero-order valence-electron chi connectivity index (χ0n) is 33.9. The van der Waals surface area contributed by atoms with Crippen LogP contribution in [-0.2, 0) is 49.4 Å². The van der Waals surface area contributed by atoms with Crippen LogP contribution in [0.4, 0.5) is 26.3 Å². The highest BCUT2D eigenvalue weighted by Gasteiger charge is 2.57. The second kappa shape index (κ2) is 21.9. The number of alkyl halides is 6. The Morgan fingerprint density at radius 3 is 1.47 bits per heavy atom. The molecule has 3 aliphatic rings. The molecule has 0 bridgehead atoms. The summed E-state index contributed by atoms with van der Waals surface area (Å²) in [6.07, 6.45) is 4.65. The molecular weight excluding hydrogens is 907 g/mol. The summed E-state index contributed by atoms with van der Waals surface area (Å²) < 4.78 is 135. The average Bonchev–Trinajstić information content (AvgIpc) is 3.63. The maximum Gasteiger partial charge on any atom is 0.524 e. The van der Waals surface area contributed by atoms with Crippen LogP contribution in [-0.4, -0.2) is 119 Å². The van der Waals surface area contributed by atoms with Crippen molar-refractivity contribution in [2.24, 2.45) is 0 Å². The summed E-state index contributed by atoms with van der Waals surface area (Å²) in [6.45, 7) is 3.22. The Bertz CT molecular complexity index is 2220. The molecule has 0 radical (unpaired) electrons. The second-order valence-electron chi connectivity index (χ2n) is 14.5. The number of fused-ring (bicyclic) bond motifs is 2. The van der Waals surface area contributed by atoms with Crippen molar-refractivity contribution in [2.75, 3.05) is 39.5 Å². The van der Waals surface area contributed by atoms with Crippen LogP contribution in [0.5, 0.6) is 0 Å². The van der Waals surface area contributed by atoms with E-state index in [0.717, 1.165) is 31.2 Å². The van der Waals surface area contributed by atoms with Crippen molar-refractivity contribution in [2.45, 2.75) is 80.9 Å². The summed E-state index contributed by atoms with van der Waals surface area (Å²) in [5, 5.41) is 0. The number of hydrogen-bond donors (Lipinski definition) is 0. The van der Waals surface area contributed by atoms with Gasteiger partial charge < -0.3 is 18.9 Å². The number of nitrogens with zero attached hydrogens (tertiary/aromatic N) is 2. The Kier molecular flexibility index (Phi) is 17.2. The maximum atomic E-state index is 12.6. The van der Waals surface area contributed by atoms with Crippen molar-refractivity contribution in [3.63, 3.8) is 0 Å². The van der Waals surface area contributed by atoms with Crippen molar-refractivity contribution in [1.82, 2.24) is 9.80 Å². The van der Waals surface area contributed by atoms with Crippen LogP contribution >= 0.6 is 0 Å². The van der Waals surface area contributed by atoms with Crippen LogP contribution in [0.15, 0.2) is 78.9 Å². The van der Waals surface area contributed by atoms with E-state index in [1.165, 1.54) is 9.80 Å². The van der Waals surface area contributed by atoms with Gasteiger partial charge in [-0.2, -0.15) is 43.2 Å². The molecule has 15 nitrogen and oxygen atoms in total. The van der Waals surface area contributed by atoms with Crippen LogP contribution in [0, 0.1) is 0 Å². The smallest absolute Gasteiger partial charge is 0.379 e. The molecule has 64 heavy (non-hydrogen) atoms. The van der Waals surface area contributed by atoms with E-state index in [9.17, 15) is 62.4 Å². The number of imide groups is 2. The standard InChI is InChI=1S/C39H44N2O8.C2F6O5S2/c42-36-29-16-6-7-17-30(29)37(43)40(36)21-10-2-12-23-46-27-34-35(49-26-28-14-4-1-5-15-28)33(20-25-48-34)47-24-13-3-11-22-41-38(44)31-18-8-9-19-32(31)39(41)45;3-1(4,5)14(9,10)13-15(11,12)2(6,7)8/h1,4-9,14-19,33-35H,2-3,10-13,20-27H2;/t33-,34-,35+;/m1./s1. The van der Waals surface area contributed by atoms with E-state index in [1.807, 2.05) is 34.0 Å². The van der Waals surface area contributed by atoms with E-state index < -0.39 is 31.3 Å². The van der Waals surface area contributed by atoms with Gasteiger partial charge in [-0.15, -0.1) is 3.63 Å². The summed E-state index contributed by atoms with van der Waals surface area (Å²) in [4.78, 5) is 53.1. The molecule has 0 aliphatic carbocycles. The normalized spacial score (nSPS) is 19.1. The third-order valence-corrected chi connectivity index (χ3v) is 12.6. The van der Waals surface area contributed by atoms with E-state index in [2.05, 4.69) is 0 Å². The predicted molar refractivity (Wildman–Crippen MR) is 212 cm³/mol. The van der Waals surface area contributed by atoms with Gasteiger partial charge in [0.2, 0.25) is 0 Å². The molecule has 0 aromatic heterocycles. The molecule has 1 fully saturated rings. The quantitative estimate of drug-likeness (QED) is 0.0525. The van der Waals surface area contributed by atoms with Gasteiger partial charge in [-0.25, -0.2) is 0 Å². The van der Waals surface area contributed by atoms with Gasteiger partial charge in [0.25, 0.3) is 23.6 Å². The van der Waals surface area contributed by atoms with Crippen molar-refractivity contribution in [1.29, 1.82) is 0 Å². The monoisotopic (exact) mass is 950 g/mol. The lowest BCUT2D eigenvalue weighted by Gasteiger charge is -2.37. The molecule has 3 heterocycles. The van der Waals surface area contributed by atoms with Crippen molar-refractivity contribution < 1.29 is 84.9 Å². The van der Waals surface area contributed by atoms with Gasteiger partial charge in [0.15, 0.2) is 0 Å². The van der Waals surface area contributed by atoms with Crippen LogP contribution < -0.4 is 0 Å². The Labute approximate surface area is 364 Å². The molecule has 0 saturated carbocycles. The molecule has 3 aromatic carbocycles. The highest BCUT2D eigenvalue weighted by Crippen LogP contribution is 2.32. The summed E-state index contributed by atoms with van der Waals surface area (Å²) in [5.41, 5.74) is -9.53. The lowest BCUT2D eigenvalue weighted by molar-refractivity contribution is -0.194. The molecule has 350 valence electrons. The Morgan fingerprint density at radius 1 is 0.578 bits per heavy atom. The number of rotatable bonds is 20. The van der Waals surface area contributed by atoms with E-state index in [1.54, 1.807) is 48.5 Å². The van der Waals surface area contributed by atoms with E-state index >= 15 is 0 Å². The van der Waals surface area contributed by atoms with Crippen molar-refractivity contribution >= 4 is 43.9 Å². The highest BCUT2D eigenvalue weighted by atomic mass is 32.3. The molecule has 3 atom stereocenters. The first-order valence-corrected chi connectivity index (χ1v) is 22.8. The summed E-state index contributed by atoms with van der Waals surface area (Å²) >= 11 is 0. The third kappa shape index (κ3) is 12.7. The Hall–Kier alpha value is -4.78. The Morgan fingerprint density at radius 2 is 1.02 bits per heavy atom. The van der Waals surface area contributed by atoms with E-state index in [-0.39, 0.29) is 41.9 Å². The molecule has 0 spiro atoms.